The van der Waals surface area contributed by atoms with Crippen molar-refractivity contribution in [2.24, 2.45) is 0 Å². The second kappa shape index (κ2) is 11.1. The molecule has 4 nitrogen and oxygen atoms in total. The summed E-state index contributed by atoms with van der Waals surface area (Å²) in [4.78, 5) is 22.0. The van der Waals surface area contributed by atoms with E-state index in [1.807, 2.05) is 12.5 Å². The molecule has 0 spiro atoms. The monoisotopic (exact) mass is 264 g/mol. The van der Waals surface area contributed by atoms with E-state index in [0.29, 0.717) is 19.4 Å². The van der Waals surface area contributed by atoms with E-state index in [2.05, 4.69) is 10.6 Å². The van der Waals surface area contributed by atoms with E-state index in [9.17, 15) is 9.59 Å². The highest BCUT2D eigenvalue weighted by atomic mass is 32.2. The average molecular weight is 264 g/mol. The van der Waals surface area contributed by atoms with Crippen molar-refractivity contribution in [2.45, 2.75) is 18.9 Å². The number of rotatable bonds is 10. The standard InChI is InChI=1S/C10H20N2O2S2/c1-15-6-3-5-11-10(14)9(12-8-13)4-7-16-2/h8-9H,3-7H2,1-2H3,(H,11,14)(H,12,13). The zero-order valence-electron chi connectivity index (χ0n) is 9.82. The van der Waals surface area contributed by atoms with Gasteiger partial charge in [-0.2, -0.15) is 23.5 Å². The van der Waals surface area contributed by atoms with Gasteiger partial charge in [-0.05, 0) is 36.9 Å². The van der Waals surface area contributed by atoms with Crippen LogP contribution in [-0.2, 0) is 9.59 Å². The van der Waals surface area contributed by atoms with Crippen LogP contribution in [-0.4, -0.2) is 48.9 Å². The number of thioether (sulfide) groups is 2. The Balaban J connectivity index is 3.81. The van der Waals surface area contributed by atoms with Gasteiger partial charge in [0.25, 0.3) is 0 Å². The molecule has 6 heteroatoms. The SMILES string of the molecule is CSCCCNC(=O)C(CCSC)NC=O. The van der Waals surface area contributed by atoms with Crippen molar-refractivity contribution in [2.75, 3.05) is 30.6 Å². The Kier molecular flexibility index (Phi) is 10.9. The number of carbonyl (C=O) groups excluding carboxylic acids is 2. The topological polar surface area (TPSA) is 58.2 Å². The van der Waals surface area contributed by atoms with Crippen LogP contribution in [0, 0.1) is 0 Å². The lowest BCUT2D eigenvalue weighted by molar-refractivity contribution is -0.125. The fourth-order valence-corrected chi connectivity index (χ4v) is 2.06. The predicted molar refractivity (Wildman–Crippen MR) is 72.0 cm³/mol. The van der Waals surface area contributed by atoms with Gasteiger partial charge in [0.05, 0.1) is 0 Å². The van der Waals surface area contributed by atoms with Crippen molar-refractivity contribution < 1.29 is 9.59 Å². The first-order valence-electron chi connectivity index (χ1n) is 5.21. The Morgan fingerprint density at radius 2 is 2.00 bits per heavy atom. The summed E-state index contributed by atoms with van der Waals surface area (Å²) in [6.07, 6.45) is 6.25. The lowest BCUT2D eigenvalue weighted by atomic mass is 10.2. The number of nitrogens with one attached hydrogen (secondary N) is 2. The van der Waals surface area contributed by atoms with Crippen LogP contribution in [0.4, 0.5) is 0 Å². The quantitative estimate of drug-likeness (QED) is 0.451. The van der Waals surface area contributed by atoms with Gasteiger partial charge in [0, 0.05) is 6.54 Å². The molecule has 0 saturated heterocycles. The molecule has 0 aliphatic carbocycles. The minimum atomic E-state index is -0.390. The maximum absolute atomic E-state index is 11.7. The summed E-state index contributed by atoms with van der Waals surface area (Å²) >= 11 is 3.43. The molecule has 0 saturated carbocycles. The van der Waals surface area contributed by atoms with E-state index in [1.165, 1.54) is 0 Å². The van der Waals surface area contributed by atoms with Crippen LogP contribution in [0.2, 0.25) is 0 Å². The molecule has 0 heterocycles. The third-order valence-electron chi connectivity index (χ3n) is 2.02. The van der Waals surface area contributed by atoms with Crippen LogP contribution in [0.25, 0.3) is 0 Å². The molecule has 0 fully saturated rings. The molecule has 2 N–H and O–H groups in total. The predicted octanol–water partition coefficient (Wildman–Crippen LogP) is 0.723. The van der Waals surface area contributed by atoms with Crippen LogP contribution >= 0.6 is 23.5 Å². The third-order valence-corrected chi connectivity index (χ3v) is 3.36. The van der Waals surface area contributed by atoms with E-state index in [0.717, 1.165) is 17.9 Å². The van der Waals surface area contributed by atoms with Gasteiger partial charge in [0.15, 0.2) is 0 Å². The van der Waals surface area contributed by atoms with Crippen molar-refractivity contribution in [3.8, 4) is 0 Å². The Morgan fingerprint density at radius 1 is 1.31 bits per heavy atom. The zero-order valence-corrected chi connectivity index (χ0v) is 11.5. The van der Waals surface area contributed by atoms with E-state index in [1.54, 1.807) is 23.5 Å². The van der Waals surface area contributed by atoms with Gasteiger partial charge in [-0.1, -0.05) is 0 Å². The molecule has 94 valence electrons. The number of hydrogen-bond donors (Lipinski definition) is 2. The number of carbonyl (C=O) groups is 2. The second-order valence-electron chi connectivity index (χ2n) is 3.26. The smallest absolute Gasteiger partial charge is 0.242 e. The molecular weight excluding hydrogens is 244 g/mol. The Labute approximate surface area is 106 Å². The van der Waals surface area contributed by atoms with Gasteiger partial charge in [0.2, 0.25) is 12.3 Å². The van der Waals surface area contributed by atoms with Crippen molar-refractivity contribution in [3.05, 3.63) is 0 Å². The Hall–Kier alpha value is -0.360. The highest BCUT2D eigenvalue weighted by Crippen LogP contribution is 2.00. The maximum atomic E-state index is 11.7. The second-order valence-corrected chi connectivity index (χ2v) is 5.23. The van der Waals surface area contributed by atoms with Gasteiger partial charge in [0.1, 0.15) is 6.04 Å². The van der Waals surface area contributed by atoms with E-state index >= 15 is 0 Å². The highest BCUT2D eigenvalue weighted by Gasteiger charge is 2.15. The average Bonchev–Trinajstić information content (AvgIpc) is 2.29. The first kappa shape index (κ1) is 15.6. The summed E-state index contributed by atoms with van der Waals surface area (Å²) in [5, 5.41) is 5.38. The lowest BCUT2D eigenvalue weighted by Gasteiger charge is -2.15. The van der Waals surface area contributed by atoms with Crippen molar-refractivity contribution >= 4 is 35.8 Å². The zero-order chi connectivity index (χ0) is 12.2. The highest BCUT2D eigenvalue weighted by molar-refractivity contribution is 7.98. The van der Waals surface area contributed by atoms with Crippen LogP contribution in [0.3, 0.4) is 0 Å². The normalized spacial score (nSPS) is 11.9. The van der Waals surface area contributed by atoms with Crippen LogP contribution in [0.15, 0.2) is 0 Å². The molecule has 0 bridgehead atoms. The minimum absolute atomic E-state index is 0.0812. The molecule has 0 radical (unpaired) electrons. The van der Waals surface area contributed by atoms with Crippen LogP contribution < -0.4 is 10.6 Å². The summed E-state index contributed by atoms with van der Waals surface area (Å²) in [5.41, 5.74) is 0. The van der Waals surface area contributed by atoms with Crippen LogP contribution in [0.5, 0.6) is 0 Å². The van der Waals surface area contributed by atoms with E-state index in [4.69, 9.17) is 0 Å². The summed E-state index contributed by atoms with van der Waals surface area (Å²) in [5.74, 6) is 1.82. The first-order valence-corrected chi connectivity index (χ1v) is 8.00. The van der Waals surface area contributed by atoms with Gasteiger partial charge in [-0.25, -0.2) is 0 Å². The molecule has 0 aliphatic rings. The van der Waals surface area contributed by atoms with Gasteiger partial charge in [-0.3, -0.25) is 9.59 Å². The van der Waals surface area contributed by atoms with Gasteiger partial charge < -0.3 is 10.6 Å². The molecular formula is C10H20N2O2S2. The molecule has 16 heavy (non-hydrogen) atoms. The fourth-order valence-electron chi connectivity index (χ4n) is 1.16. The maximum Gasteiger partial charge on any atom is 0.242 e. The van der Waals surface area contributed by atoms with Gasteiger partial charge >= 0.3 is 0 Å². The fraction of sp³-hybridized carbons (Fsp3) is 0.800. The molecule has 0 aromatic heterocycles. The molecule has 0 aromatic rings. The molecule has 1 unspecified atom stereocenters. The molecule has 2 amide bonds. The van der Waals surface area contributed by atoms with E-state index in [-0.39, 0.29) is 11.9 Å². The molecule has 1 atom stereocenters. The van der Waals surface area contributed by atoms with E-state index < -0.39 is 0 Å². The molecule has 0 rings (SSSR count). The largest absolute Gasteiger partial charge is 0.354 e. The van der Waals surface area contributed by atoms with Crippen molar-refractivity contribution in [3.63, 3.8) is 0 Å². The Bertz CT molecular complexity index is 203. The van der Waals surface area contributed by atoms with Crippen molar-refractivity contribution in [1.29, 1.82) is 0 Å². The lowest BCUT2D eigenvalue weighted by Crippen LogP contribution is -2.44. The third kappa shape index (κ3) is 7.87. The summed E-state index contributed by atoms with van der Waals surface area (Å²) in [6.45, 7) is 0.677. The Morgan fingerprint density at radius 3 is 2.56 bits per heavy atom. The number of amides is 2. The van der Waals surface area contributed by atoms with Crippen LogP contribution in [0.1, 0.15) is 12.8 Å². The van der Waals surface area contributed by atoms with Crippen molar-refractivity contribution in [1.82, 2.24) is 10.6 Å². The summed E-state index contributed by atoms with van der Waals surface area (Å²) in [6, 6.07) is -0.390. The molecule has 0 aliphatic heterocycles. The minimum Gasteiger partial charge on any atom is -0.354 e. The molecule has 0 aromatic carbocycles. The summed E-state index contributed by atoms with van der Waals surface area (Å²) < 4.78 is 0. The first-order chi connectivity index (χ1) is 7.76. The van der Waals surface area contributed by atoms with Gasteiger partial charge in [-0.15, -0.1) is 0 Å². The summed E-state index contributed by atoms with van der Waals surface area (Å²) in [7, 11) is 0. The number of hydrogen-bond acceptors (Lipinski definition) is 4.